The van der Waals surface area contributed by atoms with Crippen LogP contribution in [0, 0.1) is 11.8 Å². The molecule has 102 valence electrons. The maximum atomic E-state index is 9.06. The number of hydrogen-bond acceptors (Lipinski definition) is 4. The van der Waals surface area contributed by atoms with E-state index >= 15 is 0 Å². The normalized spacial score (nSPS) is 14.3. The third-order valence-corrected chi connectivity index (χ3v) is 3.08. The highest BCUT2D eigenvalue weighted by Crippen LogP contribution is 2.15. The van der Waals surface area contributed by atoms with Crippen molar-refractivity contribution < 1.29 is 5.11 Å². The van der Waals surface area contributed by atoms with Gasteiger partial charge in [-0.1, -0.05) is 25.1 Å². The first kappa shape index (κ1) is 13.7. The average molecular weight is 260 g/mol. The summed E-state index contributed by atoms with van der Waals surface area (Å²) in [4.78, 5) is 4.25. The summed E-state index contributed by atoms with van der Waals surface area (Å²) >= 11 is 0. The first-order valence-corrected chi connectivity index (χ1v) is 6.61. The van der Waals surface area contributed by atoms with Crippen LogP contribution in [0.5, 0.6) is 0 Å². The van der Waals surface area contributed by atoms with Crippen LogP contribution in [0.1, 0.15) is 20.3 Å². The Hall–Kier alpha value is -1.75. The van der Waals surface area contributed by atoms with Gasteiger partial charge in [-0.05, 0) is 30.4 Å². The van der Waals surface area contributed by atoms with Gasteiger partial charge >= 0.3 is 0 Å². The summed E-state index contributed by atoms with van der Waals surface area (Å²) in [5.41, 5.74) is 1.63. The van der Waals surface area contributed by atoms with Gasteiger partial charge in [0.05, 0.1) is 11.9 Å². The number of hydrogen-bond donors (Lipinski definition) is 1. The topological polar surface area (TPSA) is 63.8 Å². The van der Waals surface area contributed by atoms with E-state index in [0.717, 1.165) is 24.4 Å². The molecule has 0 aliphatic carbocycles. The van der Waals surface area contributed by atoms with Crippen LogP contribution in [0.4, 0.5) is 0 Å². The van der Waals surface area contributed by atoms with Gasteiger partial charge in [0.1, 0.15) is 5.69 Å². The van der Waals surface area contributed by atoms with E-state index in [1.807, 2.05) is 29.1 Å². The van der Waals surface area contributed by atoms with Crippen LogP contribution < -0.4 is 0 Å². The first-order chi connectivity index (χ1) is 9.19. The molecule has 2 unspecified atom stereocenters. The fourth-order valence-corrected chi connectivity index (χ4v) is 2.17. The van der Waals surface area contributed by atoms with Crippen molar-refractivity contribution in [3.8, 4) is 11.4 Å². The molecule has 2 aromatic rings. The minimum atomic E-state index is 0.237. The molecule has 2 aromatic heterocycles. The lowest BCUT2D eigenvalue weighted by atomic mass is 9.98. The summed E-state index contributed by atoms with van der Waals surface area (Å²) in [6.45, 7) is 5.26. The van der Waals surface area contributed by atoms with E-state index in [2.05, 4.69) is 29.1 Å². The molecule has 5 nitrogen and oxygen atoms in total. The van der Waals surface area contributed by atoms with Crippen LogP contribution in [0.25, 0.3) is 11.4 Å². The molecular formula is C14H20N4O. The molecule has 0 fully saturated rings. The van der Waals surface area contributed by atoms with Crippen molar-refractivity contribution >= 4 is 0 Å². The Balaban J connectivity index is 1.98. The lowest BCUT2D eigenvalue weighted by molar-refractivity contribution is 0.209. The number of aliphatic hydroxyl groups excluding tert-OH is 1. The summed E-state index contributed by atoms with van der Waals surface area (Å²) in [6.07, 6.45) is 4.65. The third kappa shape index (κ3) is 3.86. The Morgan fingerprint density at radius 1 is 1.21 bits per heavy atom. The molecule has 1 N–H and O–H groups in total. The number of aliphatic hydroxyl groups is 1. The number of rotatable bonds is 6. The van der Waals surface area contributed by atoms with Gasteiger partial charge in [0, 0.05) is 19.3 Å². The Bertz CT molecular complexity index is 497. The molecule has 0 spiro atoms. The predicted octanol–water partition coefficient (Wildman–Crippen LogP) is 1.99. The molecule has 0 bridgehead atoms. The molecule has 2 heterocycles. The molecule has 0 aliphatic heterocycles. The number of aromatic nitrogens is 4. The van der Waals surface area contributed by atoms with E-state index in [9.17, 15) is 0 Å². The molecular weight excluding hydrogens is 240 g/mol. The lowest BCUT2D eigenvalue weighted by Crippen LogP contribution is -2.13. The maximum Gasteiger partial charge on any atom is 0.131 e. The zero-order chi connectivity index (χ0) is 13.7. The van der Waals surface area contributed by atoms with Crippen LogP contribution in [-0.4, -0.2) is 31.7 Å². The van der Waals surface area contributed by atoms with Crippen molar-refractivity contribution in [1.29, 1.82) is 0 Å². The van der Waals surface area contributed by atoms with Gasteiger partial charge in [-0.25, -0.2) is 0 Å². The second-order valence-electron chi connectivity index (χ2n) is 5.17. The molecule has 19 heavy (non-hydrogen) atoms. The Morgan fingerprint density at radius 2 is 2.05 bits per heavy atom. The van der Waals surface area contributed by atoms with Crippen LogP contribution >= 0.6 is 0 Å². The quantitative estimate of drug-likeness (QED) is 0.862. The second-order valence-corrected chi connectivity index (χ2v) is 5.17. The lowest BCUT2D eigenvalue weighted by Gasteiger charge is -2.14. The molecule has 0 aliphatic rings. The van der Waals surface area contributed by atoms with Gasteiger partial charge in [-0.15, -0.1) is 5.10 Å². The molecule has 2 rings (SSSR count). The average Bonchev–Trinajstić information content (AvgIpc) is 2.88. The second kappa shape index (κ2) is 6.43. The monoisotopic (exact) mass is 260 g/mol. The summed E-state index contributed by atoms with van der Waals surface area (Å²) in [6, 6.07) is 5.74. The Kier molecular flexibility index (Phi) is 4.63. The van der Waals surface area contributed by atoms with E-state index < -0.39 is 0 Å². The predicted molar refractivity (Wildman–Crippen MR) is 73.3 cm³/mol. The van der Waals surface area contributed by atoms with Crippen molar-refractivity contribution in [2.75, 3.05) is 6.61 Å². The van der Waals surface area contributed by atoms with E-state index in [0.29, 0.717) is 11.8 Å². The summed E-state index contributed by atoms with van der Waals surface area (Å²) in [5, 5.41) is 17.3. The minimum Gasteiger partial charge on any atom is -0.396 e. The van der Waals surface area contributed by atoms with Gasteiger partial charge in [-0.3, -0.25) is 9.67 Å². The molecule has 5 heteroatoms. The standard InChI is InChI=1S/C14H20N4O/c1-11(7-12(2)10-19)8-18-9-14(16-17-18)13-5-3-4-6-15-13/h3-6,9,11-12,19H,7-8,10H2,1-2H3. The summed E-state index contributed by atoms with van der Waals surface area (Å²) in [7, 11) is 0. The zero-order valence-electron chi connectivity index (χ0n) is 11.4. The molecule has 0 saturated carbocycles. The van der Waals surface area contributed by atoms with E-state index in [1.165, 1.54) is 0 Å². The number of pyridine rings is 1. The zero-order valence-corrected chi connectivity index (χ0v) is 11.4. The SMILES string of the molecule is CC(CO)CC(C)Cn1cc(-c2ccccn2)nn1. The van der Waals surface area contributed by atoms with Crippen molar-refractivity contribution in [3.63, 3.8) is 0 Å². The largest absolute Gasteiger partial charge is 0.396 e. The van der Waals surface area contributed by atoms with Crippen LogP contribution in [0.3, 0.4) is 0 Å². The highest BCUT2D eigenvalue weighted by Gasteiger charge is 2.11. The summed E-state index contributed by atoms with van der Waals surface area (Å²) < 4.78 is 1.85. The number of nitrogens with zero attached hydrogens (tertiary/aromatic N) is 4. The molecule has 0 amide bonds. The van der Waals surface area contributed by atoms with Crippen molar-refractivity contribution in [3.05, 3.63) is 30.6 Å². The van der Waals surface area contributed by atoms with Crippen molar-refractivity contribution in [2.24, 2.45) is 11.8 Å². The van der Waals surface area contributed by atoms with Gasteiger partial charge in [0.2, 0.25) is 0 Å². The van der Waals surface area contributed by atoms with Crippen molar-refractivity contribution in [1.82, 2.24) is 20.0 Å². The Morgan fingerprint density at radius 3 is 2.74 bits per heavy atom. The minimum absolute atomic E-state index is 0.237. The third-order valence-electron chi connectivity index (χ3n) is 3.08. The molecule has 0 aromatic carbocycles. The van der Waals surface area contributed by atoms with Gasteiger partial charge in [0.15, 0.2) is 0 Å². The Labute approximate surface area is 113 Å². The van der Waals surface area contributed by atoms with Crippen LogP contribution in [-0.2, 0) is 6.54 Å². The van der Waals surface area contributed by atoms with Gasteiger partial charge < -0.3 is 5.11 Å². The van der Waals surface area contributed by atoms with Crippen LogP contribution in [0.15, 0.2) is 30.6 Å². The molecule has 0 radical (unpaired) electrons. The highest BCUT2D eigenvalue weighted by atomic mass is 16.3. The van der Waals surface area contributed by atoms with Gasteiger partial charge in [0.25, 0.3) is 0 Å². The highest BCUT2D eigenvalue weighted by molar-refractivity contribution is 5.51. The van der Waals surface area contributed by atoms with E-state index in [-0.39, 0.29) is 6.61 Å². The summed E-state index contributed by atoms with van der Waals surface area (Å²) in [5.74, 6) is 0.786. The van der Waals surface area contributed by atoms with Crippen molar-refractivity contribution in [2.45, 2.75) is 26.8 Å². The molecule has 0 saturated heterocycles. The fourth-order valence-electron chi connectivity index (χ4n) is 2.17. The van der Waals surface area contributed by atoms with E-state index in [4.69, 9.17) is 5.11 Å². The fraction of sp³-hybridized carbons (Fsp3) is 0.500. The first-order valence-electron chi connectivity index (χ1n) is 6.61. The van der Waals surface area contributed by atoms with E-state index in [1.54, 1.807) is 6.20 Å². The van der Waals surface area contributed by atoms with Gasteiger partial charge in [-0.2, -0.15) is 0 Å². The van der Waals surface area contributed by atoms with Crippen LogP contribution in [0.2, 0.25) is 0 Å². The molecule has 2 atom stereocenters. The maximum absolute atomic E-state index is 9.06. The smallest absolute Gasteiger partial charge is 0.131 e.